The zero-order valence-electron chi connectivity index (χ0n) is 33.7. The van der Waals surface area contributed by atoms with Gasteiger partial charge in [0.1, 0.15) is 42.7 Å². The highest BCUT2D eigenvalue weighted by atomic mass is 16.7. The first kappa shape index (κ1) is 41.0. The fourth-order valence-electron chi connectivity index (χ4n) is 14.3. The molecule has 2 bridgehead atoms. The average Bonchev–Trinajstić information content (AvgIpc) is 3.41. The molecule has 0 amide bonds. The molecule has 13 heteroatoms. The summed E-state index contributed by atoms with van der Waals surface area (Å²) in [6, 6.07) is 0. The van der Waals surface area contributed by atoms with Crippen molar-refractivity contribution in [1.29, 1.82) is 0 Å². The normalized spacial score (nSPS) is 59.7. The maximum Gasteiger partial charge on any atom is 0.187 e. The summed E-state index contributed by atoms with van der Waals surface area (Å²) >= 11 is 0. The highest BCUT2D eigenvalue weighted by Crippen LogP contribution is 2.79. The van der Waals surface area contributed by atoms with E-state index in [1.165, 1.54) is 0 Å². The van der Waals surface area contributed by atoms with Crippen molar-refractivity contribution in [2.75, 3.05) is 19.8 Å². The van der Waals surface area contributed by atoms with Gasteiger partial charge >= 0.3 is 0 Å². The molecule has 8 aliphatic rings. The number of aliphatic hydroxyl groups is 8. The minimum absolute atomic E-state index is 0.0414. The molecule has 314 valence electrons. The number of hydrogen-bond donors (Lipinski definition) is 8. The third kappa shape index (κ3) is 5.44. The monoisotopic (exact) mass is 780 g/mol. The molecule has 1 spiro atoms. The molecule has 5 aliphatic carbocycles. The van der Waals surface area contributed by atoms with E-state index < -0.39 is 91.2 Å². The van der Waals surface area contributed by atoms with Crippen molar-refractivity contribution in [3.8, 4) is 0 Å². The fraction of sp³-hybridized carbons (Fsp3) is 0.952. The fourth-order valence-corrected chi connectivity index (χ4v) is 14.3. The summed E-state index contributed by atoms with van der Waals surface area (Å²) in [6.45, 7) is 15.4. The van der Waals surface area contributed by atoms with Gasteiger partial charge in [-0.25, -0.2) is 0 Å². The Morgan fingerprint density at radius 3 is 2.13 bits per heavy atom. The van der Waals surface area contributed by atoms with E-state index >= 15 is 0 Å². The first-order valence-corrected chi connectivity index (χ1v) is 20.9. The van der Waals surface area contributed by atoms with E-state index in [4.69, 9.17) is 23.7 Å². The van der Waals surface area contributed by atoms with Crippen LogP contribution in [0.3, 0.4) is 0 Å². The lowest BCUT2D eigenvalue weighted by Gasteiger charge is -2.73. The highest BCUT2D eigenvalue weighted by Gasteiger charge is 2.79. The Kier molecular flexibility index (Phi) is 9.95. The Labute approximate surface area is 325 Å². The van der Waals surface area contributed by atoms with Gasteiger partial charge in [-0.05, 0) is 86.4 Å². The predicted octanol–water partition coefficient (Wildman–Crippen LogP) is 1.78. The van der Waals surface area contributed by atoms with Crippen LogP contribution < -0.4 is 0 Å². The smallest absolute Gasteiger partial charge is 0.187 e. The largest absolute Gasteiger partial charge is 0.396 e. The van der Waals surface area contributed by atoms with Gasteiger partial charge in [-0.15, -0.1) is 0 Å². The van der Waals surface area contributed by atoms with E-state index in [2.05, 4.69) is 53.7 Å². The lowest BCUT2D eigenvalue weighted by Crippen LogP contribution is -2.72. The quantitative estimate of drug-likeness (QED) is 0.143. The van der Waals surface area contributed by atoms with Crippen LogP contribution >= 0.6 is 0 Å². The molecular weight excluding hydrogens is 712 g/mol. The zero-order valence-corrected chi connectivity index (χ0v) is 33.7. The van der Waals surface area contributed by atoms with Crippen LogP contribution in [0.2, 0.25) is 0 Å². The number of ether oxygens (including phenoxy) is 5. The molecule has 4 saturated carbocycles. The number of hydrogen-bond acceptors (Lipinski definition) is 13. The number of allylic oxidation sites excluding steroid dienone is 1. The molecule has 8 N–H and O–H groups in total. The summed E-state index contributed by atoms with van der Waals surface area (Å²) in [5, 5.41) is 87.0. The molecule has 3 saturated heterocycles. The van der Waals surface area contributed by atoms with E-state index in [0.717, 1.165) is 38.5 Å². The van der Waals surface area contributed by atoms with Crippen LogP contribution in [0.1, 0.15) is 99.8 Å². The minimum atomic E-state index is -1.72. The Balaban J connectivity index is 1.05. The van der Waals surface area contributed by atoms with Gasteiger partial charge in [0.05, 0.1) is 43.7 Å². The van der Waals surface area contributed by atoms with E-state index in [-0.39, 0.29) is 51.4 Å². The molecule has 0 aromatic heterocycles. The van der Waals surface area contributed by atoms with E-state index in [1.54, 1.807) is 6.92 Å². The Hall–Kier alpha value is -0.780. The zero-order chi connectivity index (χ0) is 39.9. The third-order valence-electron chi connectivity index (χ3n) is 17.9. The van der Waals surface area contributed by atoms with Crippen LogP contribution in [0, 0.1) is 50.2 Å². The van der Waals surface area contributed by atoms with Crippen molar-refractivity contribution in [2.45, 2.75) is 179 Å². The van der Waals surface area contributed by atoms with E-state index in [0.29, 0.717) is 19.4 Å². The van der Waals surface area contributed by atoms with Crippen LogP contribution in [0.15, 0.2) is 12.2 Å². The molecule has 3 aliphatic heterocycles. The first-order chi connectivity index (χ1) is 25.7. The molecule has 21 atom stereocenters. The lowest BCUT2D eigenvalue weighted by molar-refractivity contribution is -0.367. The van der Waals surface area contributed by atoms with Crippen molar-refractivity contribution in [2.24, 2.45) is 50.2 Å². The highest BCUT2D eigenvalue weighted by molar-refractivity contribution is 5.36. The van der Waals surface area contributed by atoms with Gasteiger partial charge in [0.25, 0.3) is 0 Å². The van der Waals surface area contributed by atoms with Crippen molar-refractivity contribution in [3.05, 3.63) is 12.2 Å². The lowest BCUT2D eigenvalue weighted by atomic mass is 9.32. The number of rotatable bonds is 6. The van der Waals surface area contributed by atoms with Gasteiger partial charge in [0, 0.05) is 22.2 Å². The third-order valence-corrected chi connectivity index (χ3v) is 17.9. The summed E-state index contributed by atoms with van der Waals surface area (Å²) in [5.41, 5.74) is -1.90. The summed E-state index contributed by atoms with van der Waals surface area (Å²) in [7, 11) is 0. The van der Waals surface area contributed by atoms with Gasteiger partial charge in [-0.3, -0.25) is 0 Å². The second-order valence-corrected chi connectivity index (χ2v) is 21.0. The van der Waals surface area contributed by atoms with Gasteiger partial charge in [0.2, 0.25) is 0 Å². The molecule has 0 aromatic carbocycles. The molecule has 0 aromatic rings. The van der Waals surface area contributed by atoms with Gasteiger partial charge < -0.3 is 64.5 Å². The Bertz CT molecular complexity index is 1490. The van der Waals surface area contributed by atoms with E-state index in [9.17, 15) is 40.9 Å². The molecule has 7 fully saturated rings. The topological polar surface area (TPSA) is 208 Å². The van der Waals surface area contributed by atoms with Crippen molar-refractivity contribution in [3.63, 3.8) is 0 Å². The van der Waals surface area contributed by atoms with Crippen molar-refractivity contribution in [1.82, 2.24) is 0 Å². The van der Waals surface area contributed by atoms with Crippen molar-refractivity contribution >= 4 is 0 Å². The molecule has 55 heavy (non-hydrogen) atoms. The molecule has 13 nitrogen and oxygen atoms in total. The van der Waals surface area contributed by atoms with Crippen LogP contribution in [0.4, 0.5) is 0 Å². The Morgan fingerprint density at radius 1 is 0.727 bits per heavy atom. The molecule has 8 rings (SSSR count). The SMILES string of the molecule is CC1O[C@H](OC2CC[C@]3(C)[C@H]4C=C[C@]56OC[C@@]7(CCC(C)(C)C[C@@H]75)C(O)C[C@@]6(C)[C@]4(C)CC[C@@H]3[C@]2(C)CO)C(O)C(O[C@@H]2OC(CO)C(O)C(O)C2O)C1O. The summed E-state index contributed by atoms with van der Waals surface area (Å²) in [4.78, 5) is 0. The summed E-state index contributed by atoms with van der Waals surface area (Å²) in [6.07, 6.45) is -3.39. The first-order valence-electron chi connectivity index (χ1n) is 20.9. The van der Waals surface area contributed by atoms with Crippen LogP contribution in [-0.2, 0) is 23.7 Å². The Morgan fingerprint density at radius 2 is 1.44 bits per heavy atom. The van der Waals surface area contributed by atoms with Crippen LogP contribution in [0.25, 0.3) is 0 Å². The second-order valence-electron chi connectivity index (χ2n) is 21.0. The van der Waals surface area contributed by atoms with Gasteiger partial charge in [0.15, 0.2) is 12.6 Å². The molecule has 3 heterocycles. The van der Waals surface area contributed by atoms with Gasteiger partial charge in [-0.2, -0.15) is 0 Å². The maximum absolute atomic E-state index is 12.1. The van der Waals surface area contributed by atoms with Crippen molar-refractivity contribution < 1.29 is 64.5 Å². The molecule has 0 radical (unpaired) electrons. The molecule has 10 unspecified atom stereocenters. The van der Waals surface area contributed by atoms with E-state index in [1.807, 2.05) is 0 Å². The predicted molar refractivity (Wildman–Crippen MR) is 197 cm³/mol. The standard InChI is InChI=1S/C42H68O13/c1-21-28(46)33(55-34-31(49)30(48)29(47)22(18-43)53-34)32(50)35(52-21)54-27-10-11-37(4)23(38(27,5)19-44)8-12-39(6)24(37)9-13-42-25-16-36(2,3)14-15-41(25,20-51-42)26(45)17-40(39,42)7/h9,13,21-35,43-50H,8,10-12,14-20H2,1-7H3/t21?,22?,23-,24+,25-,26?,27?,28?,29?,30?,31?,32?,33?,34-,35+,37-,38-,39+,40-,41+,42-/m0/s1. The molecular formula is C42H68O13. The minimum Gasteiger partial charge on any atom is -0.396 e. The second kappa shape index (κ2) is 13.4. The maximum atomic E-state index is 12.1. The van der Waals surface area contributed by atoms with Crippen LogP contribution in [0.5, 0.6) is 0 Å². The number of fused-ring (bicyclic) bond motifs is 4. The number of aliphatic hydroxyl groups excluding tert-OH is 8. The van der Waals surface area contributed by atoms with Crippen LogP contribution in [-0.4, -0.2) is 140 Å². The average molecular weight is 781 g/mol. The summed E-state index contributed by atoms with van der Waals surface area (Å²) < 4.78 is 31.2. The summed E-state index contributed by atoms with van der Waals surface area (Å²) in [5.74, 6) is 0.449. The van der Waals surface area contributed by atoms with Gasteiger partial charge in [-0.1, -0.05) is 53.7 Å².